The molecule has 0 aromatic heterocycles. The molecule has 0 spiro atoms. The normalized spacial score (nSPS) is 20.6. The number of ether oxygens (including phenoxy) is 1. The van der Waals surface area contributed by atoms with Gasteiger partial charge >= 0.3 is 0 Å². The topological polar surface area (TPSA) is 24.5 Å². The van der Waals surface area contributed by atoms with Crippen LogP contribution in [0.4, 0.5) is 10.1 Å². The first-order valence-electron chi connectivity index (χ1n) is 8.05. The van der Waals surface area contributed by atoms with Gasteiger partial charge in [0, 0.05) is 24.8 Å². The van der Waals surface area contributed by atoms with Gasteiger partial charge < -0.3 is 15.0 Å². The molecule has 0 aliphatic carbocycles. The molecule has 0 saturated carbocycles. The number of hydrogen-bond acceptors (Lipinski definition) is 3. The highest BCUT2D eigenvalue weighted by molar-refractivity contribution is 5.55. The van der Waals surface area contributed by atoms with E-state index in [-0.39, 0.29) is 18.0 Å². The van der Waals surface area contributed by atoms with Gasteiger partial charge in [0.05, 0.1) is 12.7 Å². The van der Waals surface area contributed by atoms with Crippen LogP contribution in [0.5, 0.6) is 0 Å². The number of anilines is 1. The van der Waals surface area contributed by atoms with Crippen LogP contribution >= 0.6 is 0 Å². The van der Waals surface area contributed by atoms with Crippen molar-refractivity contribution in [3.05, 3.63) is 29.6 Å². The molecule has 0 bridgehead atoms. The molecule has 1 aromatic carbocycles. The molecule has 1 aliphatic heterocycles. The first-order chi connectivity index (χ1) is 10.2. The van der Waals surface area contributed by atoms with E-state index < -0.39 is 0 Å². The summed E-state index contributed by atoms with van der Waals surface area (Å²) < 4.78 is 19.4. The number of nitrogens with one attached hydrogen (secondary N) is 1. The molecule has 2 unspecified atom stereocenters. The largest absolute Gasteiger partial charge is 0.375 e. The highest BCUT2D eigenvalue weighted by Crippen LogP contribution is 2.29. The minimum Gasteiger partial charge on any atom is -0.375 e. The molecule has 118 valence electrons. The second kappa shape index (κ2) is 7.76. The predicted molar refractivity (Wildman–Crippen MR) is 85.4 cm³/mol. The number of hydrogen-bond donors (Lipinski definition) is 1. The third kappa shape index (κ3) is 4.17. The number of benzene rings is 1. The summed E-state index contributed by atoms with van der Waals surface area (Å²) in [4.78, 5) is 2.33. The minimum atomic E-state index is -0.167. The Bertz CT molecular complexity index is 452. The first-order valence-corrected chi connectivity index (χ1v) is 8.05. The molecule has 1 fully saturated rings. The molecule has 1 aliphatic rings. The Morgan fingerprint density at radius 3 is 2.95 bits per heavy atom. The van der Waals surface area contributed by atoms with Crippen LogP contribution in [0.1, 0.15) is 45.2 Å². The van der Waals surface area contributed by atoms with Gasteiger partial charge in [-0.05, 0) is 50.1 Å². The summed E-state index contributed by atoms with van der Waals surface area (Å²) in [5.41, 5.74) is 2.18. The SMILES string of the molecule is CCCNC(C)c1cc(F)ccc1N1CCOC(CC)C1. The van der Waals surface area contributed by atoms with E-state index in [4.69, 9.17) is 4.74 Å². The molecule has 1 saturated heterocycles. The number of rotatable bonds is 6. The van der Waals surface area contributed by atoms with E-state index in [1.165, 1.54) is 0 Å². The maximum absolute atomic E-state index is 13.7. The third-order valence-corrected chi connectivity index (χ3v) is 4.09. The van der Waals surface area contributed by atoms with E-state index in [9.17, 15) is 4.39 Å². The van der Waals surface area contributed by atoms with E-state index in [1.54, 1.807) is 12.1 Å². The highest BCUT2D eigenvalue weighted by atomic mass is 19.1. The molecule has 2 atom stereocenters. The average molecular weight is 294 g/mol. The van der Waals surface area contributed by atoms with Crippen LogP contribution in [-0.4, -0.2) is 32.3 Å². The van der Waals surface area contributed by atoms with Gasteiger partial charge in [-0.15, -0.1) is 0 Å². The van der Waals surface area contributed by atoms with Crippen molar-refractivity contribution in [2.24, 2.45) is 0 Å². The molecule has 2 rings (SSSR count). The Labute approximate surface area is 127 Å². The van der Waals surface area contributed by atoms with Crippen LogP contribution in [0, 0.1) is 5.82 Å². The summed E-state index contributed by atoms with van der Waals surface area (Å²) in [6.07, 6.45) is 2.36. The van der Waals surface area contributed by atoms with Crippen molar-refractivity contribution in [1.29, 1.82) is 0 Å². The molecule has 21 heavy (non-hydrogen) atoms. The van der Waals surface area contributed by atoms with E-state index in [0.29, 0.717) is 0 Å². The van der Waals surface area contributed by atoms with Gasteiger partial charge in [0.15, 0.2) is 0 Å². The summed E-state index contributed by atoms with van der Waals surface area (Å²) in [5, 5.41) is 3.46. The van der Waals surface area contributed by atoms with E-state index >= 15 is 0 Å². The molecule has 1 heterocycles. The van der Waals surface area contributed by atoms with Crippen molar-refractivity contribution in [1.82, 2.24) is 5.32 Å². The fourth-order valence-corrected chi connectivity index (χ4v) is 2.82. The summed E-state index contributed by atoms with van der Waals surface area (Å²) in [6, 6.07) is 5.28. The molecule has 0 amide bonds. The second-order valence-electron chi connectivity index (χ2n) is 5.73. The summed E-state index contributed by atoms with van der Waals surface area (Å²) in [5.74, 6) is -0.167. The zero-order valence-electron chi connectivity index (χ0n) is 13.4. The quantitative estimate of drug-likeness (QED) is 0.869. The maximum atomic E-state index is 13.7. The van der Waals surface area contributed by atoms with Crippen LogP contribution in [-0.2, 0) is 4.74 Å². The van der Waals surface area contributed by atoms with Crippen molar-refractivity contribution in [2.45, 2.75) is 45.8 Å². The van der Waals surface area contributed by atoms with Gasteiger partial charge in [-0.2, -0.15) is 0 Å². The summed E-state index contributed by atoms with van der Waals surface area (Å²) >= 11 is 0. The Balaban J connectivity index is 2.21. The zero-order chi connectivity index (χ0) is 15.2. The fraction of sp³-hybridized carbons (Fsp3) is 0.647. The highest BCUT2D eigenvalue weighted by Gasteiger charge is 2.22. The smallest absolute Gasteiger partial charge is 0.123 e. The maximum Gasteiger partial charge on any atom is 0.123 e. The molecule has 0 radical (unpaired) electrons. The lowest BCUT2D eigenvalue weighted by Gasteiger charge is -2.36. The van der Waals surface area contributed by atoms with Crippen molar-refractivity contribution in [3.63, 3.8) is 0 Å². The summed E-state index contributed by atoms with van der Waals surface area (Å²) in [6.45, 7) is 9.83. The Kier molecular flexibility index (Phi) is 6.00. The van der Waals surface area contributed by atoms with Crippen LogP contribution in [0.2, 0.25) is 0 Å². The minimum absolute atomic E-state index is 0.151. The molecule has 3 nitrogen and oxygen atoms in total. The average Bonchev–Trinajstić information content (AvgIpc) is 2.52. The van der Waals surface area contributed by atoms with Gasteiger partial charge in [0.25, 0.3) is 0 Å². The third-order valence-electron chi connectivity index (χ3n) is 4.09. The van der Waals surface area contributed by atoms with E-state index in [1.807, 2.05) is 6.07 Å². The lowest BCUT2D eigenvalue weighted by Crippen LogP contribution is -2.43. The number of nitrogens with zero attached hydrogens (tertiary/aromatic N) is 1. The summed E-state index contributed by atoms with van der Waals surface area (Å²) in [7, 11) is 0. The van der Waals surface area contributed by atoms with Gasteiger partial charge in [-0.1, -0.05) is 13.8 Å². The number of morpholine rings is 1. The Morgan fingerprint density at radius 2 is 2.24 bits per heavy atom. The van der Waals surface area contributed by atoms with Crippen LogP contribution < -0.4 is 10.2 Å². The van der Waals surface area contributed by atoms with Crippen molar-refractivity contribution >= 4 is 5.69 Å². The van der Waals surface area contributed by atoms with Crippen LogP contribution in [0.3, 0.4) is 0 Å². The molecular formula is C17H27FN2O. The zero-order valence-corrected chi connectivity index (χ0v) is 13.4. The number of halogens is 1. The molecular weight excluding hydrogens is 267 g/mol. The lowest BCUT2D eigenvalue weighted by molar-refractivity contribution is 0.0383. The standard InChI is InChI=1S/C17H27FN2O/c1-4-8-19-13(3)16-11-14(18)6-7-17(16)20-9-10-21-15(5-2)12-20/h6-7,11,13,15,19H,4-5,8-10,12H2,1-3H3. The first kappa shape index (κ1) is 16.2. The second-order valence-corrected chi connectivity index (χ2v) is 5.73. The lowest BCUT2D eigenvalue weighted by atomic mass is 10.0. The monoisotopic (exact) mass is 294 g/mol. The van der Waals surface area contributed by atoms with E-state index in [2.05, 4.69) is 31.0 Å². The van der Waals surface area contributed by atoms with Gasteiger partial charge in [0.2, 0.25) is 0 Å². The van der Waals surface area contributed by atoms with Crippen molar-refractivity contribution in [2.75, 3.05) is 31.1 Å². The van der Waals surface area contributed by atoms with Gasteiger partial charge in [0.1, 0.15) is 5.82 Å². The molecule has 4 heteroatoms. The van der Waals surface area contributed by atoms with Crippen molar-refractivity contribution < 1.29 is 9.13 Å². The molecule has 1 N–H and O–H groups in total. The predicted octanol–water partition coefficient (Wildman–Crippen LogP) is 3.50. The Hall–Kier alpha value is -1.13. The van der Waals surface area contributed by atoms with E-state index in [0.717, 1.165) is 50.3 Å². The van der Waals surface area contributed by atoms with Gasteiger partial charge in [-0.3, -0.25) is 0 Å². The Morgan fingerprint density at radius 1 is 1.43 bits per heavy atom. The fourth-order valence-electron chi connectivity index (χ4n) is 2.82. The molecule has 1 aromatic rings. The van der Waals surface area contributed by atoms with Crippen LogP contribution in [0.15, 0.2) is 18.2 Å². The van der Waals surface area contributed by atoms with Gasteiger partial charge in [-0.25, -0.2) is 4.39 Å². The van der Waals surface area contributed by atoms with Crippen molar-refractivity contribution in [3.8, 4) is 0 Å². The van der Waals surface area contributed by atoms with Crippen LogP contribution in [0.25, 0.3) is 0 Å².